The number of hydrogen-bond donors (Lipinski definition) is 1. The van der Waals surface area contributed by atoms with Crippen molar-refractivity contribution in [1.82, 2.24) is 10.2 Å². The molecule has 21 heavy (non-hydrogen) atoms. The van der Waals surface area contributed by atoms with Gasteiger partial charge in [0.25, 0.3) is 0 Å². The molecule has 118 valence electrons. The molecule has 0 radical (unpaired) electrons. The zero-order valence-electron chi connectivity index (χ0n) is 13.1. The molecule has 0 aromatic heterocycles. The van der Waals surface area contributed by atoms with Gasteiger partial charge in [-0.3, -0.25) is 4.90 Å². The Morgan fingerprint density at radius 2 is 2.00 bits per heavy atom. The van der Waals surface area contributed by atoms with Crippen LogP contribution in [0.4, 0.5) is 0 Å². The quantitative estimate of drug-likeness (QED) is 0.874. The minimum Gasteiger partial charge on any atom is -0.497 e. The fraction of sp³-hybridized carbons (Fsp3) is 0.647. The van der Waals surface area contributed by atoms with E-state index in [4.69, 9.17) is 4.74 Å². The molecule has 1 aromatic rings. The monoisotopic (exact) mass is 310 g/mol. The van der Waals surface area contributed by atoms with Crippen LogP contribution >= 0.6 is 12.4 Å². The fourth-order valence-electron chi connectivity index (χ4n) is 3.21. The summed E-state index contributed by atoms with van der Waals surface area (Å²) in [5.74, 6) is 0.943. The number of nitrogens with zero attached hydrogens (tertiary/aromatic N) is 1. The predicted molar refractivity (Wildman–Crippen MR) is 89.3 cm³/mol. The first-order valence-electron chi connectivity index (χ1n) is 7.76. The van der Waals surface area contributed by atoms with Crippen LogP contribution in [0.2, 0.25) is 0 Å². The van der Waals surface area contributed by atoms with Crippen molar-refractivity contribution in [3.05, 3.63) is 29.8 Å². The molecule has 1 saturated carbocycles. The Labute approximate surface area is 134 Å². The van der Waals surface area contributed by atoms with Crippen LogP contribution in [0, 0.1) is 5.41 Å². The Hall–Kier alpha value is -0.770. The number of hydrogen-bond acceptors (Lipinski definition) is 3. The van der Waals surface area contributed by atoms with Crippen LogP contribution < -0.4 is 10.1 Å². The third-order valence-electron chi connectivity index (χ3n) is 4.65. The number of methoxy groups -OCH3 is 1. The standard InChI is InChI=1S/C17H26N2O.ClH/c1-17(9-10-18-12-17)13-19(15-5-6-15)11-14-3-7-16(20-2)8-4-14;/h3-4,7-8,15,18H,5-6,9-13H2,1-2H3;1H. The summed E-state index contributed by atoms with van der Waals surface area (Å²) in [6, 6.07) is 9.35. The SMILES string of the molecule is COc1ccc(CN(CC2(C)CCNC2)C2CC2)cc1.Cl. The Morgan fingerprint density at radius 3 is 2.52 bits per heavy atom. The lowest BCUT2D eigenvalue weighted by Gasteiger charge is -2.32. The van der Waals surface area contributed by atoms with E-state index in [1.165, 1.54) is 44.5 Å². The minimum absolute atomic E-state index is 0. The van der Waals surface area contributed by atoms with Gasteiger partial charge in [0.05, 0.1) is 7.11 Å². The van der Waals surface area contributed by atoms with E-state index in [9.17, 15) is 0 Å². The average molecular weight is 311 g/mol. The molecule has 0 amide bonds. The molecule has 0 spiro atoms. The highest BCUT2D eigenvalue weighted by atomic mass is 35.5. The number of halogens is 1. The van der Waals surface area contributed by atoms with Crippen LogP contribution in [0.15, 0.2) is 24.3 Å². The van der Waals surface area contributed by atoms with Gasteiger partial charge >= 0.3 is 0 Å². The van der Waals surface area contributed by atoms with Gasteiger partial charge in [0.1, 0.15) is 5.75 Å². The molecule has 2 fully saturated rings. The van der Waals surface area contributed by atoms with E-state index >= 15 is 0 Å². The molecule has 1 aliphatic carbocycles. The van der Waals surface area contributed by atoms with Crippen molar-refractivity contribution in [2.75, 3.05) is 26.7 Å². The van der Waals surface area contributed by atoms with Crippen molar-refractivity contribution in [3.8, 4) is 5.75 Å². The molecule has 3 rings (SSSR count). The zero-order chi connectivity index (χ0) is 14.0. The first-order chi connectivity index (χ1) is 9.68. The Morgan fingerprint density at radius 1 is 1.29 bits per heavy atom. The van der Waals surface area contributed by atoms with Crippen LogP contribution in [0.5, 0.6) is 5.75 Å². The van der Waals surface area contributed by atoms with E-state index in [0.29, 0.717) is 5.41 Å². The molecule has 1 heterocycles. The third-order valence-corrected chi connectivity index (χ3v) is 4.65. The molecule has 0 bridgehead atoms. The normalized spacial score (nSPS) is 24.9. The first kappa shape index (κ1) is 16.6. The molecule has 4 heteroatoms. The van der Waals surface area contributed by atoms with Gasteiger partial charge in [-0.1, -0.05) is 19.1 Å². The molecular weight excluding hydrogens is 284 g/mol. The van der Waals surface area contributed by atoms with Gasteiger partial charge in [-0.25, -0.2) is 0 Å². The van der Waals surface area contributed by atoms with Crippen molar-refractivity contribution in [2.45, 2.75) is 38.8 Å². The van der Waals surface area contributed by atoms with Gasteiger partial charge in [-0.05, 0) is 48.9 Å². The smallest absolute Gasteiger partial charge is 0.118 e. The number of rotatable bonds is 6. The van der Waals surface area contributed by atoms with Crippen LogP contribution in [0.3, 0.4) is 0 Å². The van der Waals surface area contributed by atoms with E-state index in [2.05, 4.69) is 41.4 Å². The summed E-state index contributed by atoms with van der Waals surface area (Å²) in [6.45, 7) is 7.06. The van der Waals surface area contributed by atoms with E-state index in [1.807, 2.05) is 0 Å². The Balaban J connectivity index is 0.00000161. The van der Waals surface area contributed by atoms with Gasteiger partial charge in [0.2, 0.25) is 0 Å². The second-order valence-electron chi connectivity index (χ2n) is 6.72. The summed E-state index contributed by atoms with van der Waals surface area (Å²) in [6.07, 6.45) is 4.05. The maximum atomic E-state index is 5.24. The lowest BCUT2D eigenvalue weighted by Crippen LogP contribution is -2.38. The Kier molecular flexibility index (Phi) is 5.53. The van der Waals surface area contributed by atoms with Gasteiger partial charge in [0, 0.05) is 25.7 Å². The molecule has 1 aliphatic heterocycles. The van der Waals surface area contributed by atoms with Gasteiger partial charge in [-0.15, -0.1) is 12.4 Å². The van der Waals surface area contributed by atoms with Crippen LogP contribution in [0.1, 0.15) is 31.7 Å². The largest absolute Gasteiger partial charge is 0.497 e. The maximum Gasteiger partial charge on any atom is 0.118 e. The van der Waals surface area contributed by atoms with Gasteiger partial charge in [-0.2, -0.15) is 0 Å². The second-order valence-corrected chi connectivity index (χ2v) is 6.72. The molecule has 1 N–H and O–H groups in total. The van der Waals surface area contributed by atoms with Crippen molar-refractivity contribution in [1.29, 1.82) is 0 Å². The third kappa shape index (κ3) is 4.35. The lowest BCUT2D eigenvalue weighted by molar-refractivity contribution is 0.162. The lowest BCUT2D eigenvalue weighted by atomic mass is 9.89. The van der Waals surface area contributed by atoms with Gasteiger partial charge < -0.3 is 10.1 Å². The molecule has 1 aromatic carbocycles. The molecule has 2 aliphatic rings. The van der Waals surface area contributed by atoms with Crippen LogP contribution in [0.25, 0.3) is 0 Å². The molecule has 1 unspecified atom stereocenters. The summed E-state index contributed by atoms with van der Waals surface area (Å²) in [5, 5.41) is 3.51. The molecule has 1 saturated heterocycles. The summed E-state index contributed by atoms with van der Waals surface area (Å²) >= 11 is 0. The van der Waals surface area contributed by atoms with E-state index < -0.39 is 0 Å². The number of benzene rings is 1. The van der Waals surface area contributed by atoms with Crippen molar-refractivity contribution < 1.29 is 4.74 Å². The predicted octanol–water partition coefficient (Wildman–Crippen LogP) is 3.08. The van der Waals surface area contributed by atoms with E-state index in [0.717, 1.165) is 18.3 Å². The number of ether oxygens (including phenoxy) is 1. The fourth-order valence-corrected chi connectivity index (χ4v) is 3.21. The van der Waals surface area contributed by atoms with Crippen molar-refractivity contribution >= 4 is 12.4 Å². The average Bonchev–Trinajstić information content (AvgIpc) is 3.22. The van der Waals surface area contributed by atoms with E-state index in [-0.39, 0.29) is 12.4 Å². The molecule has 3 nitrogen and oxygen atoms in total. The summed E-state index contributed by atoms with van der Waals surface area (Å²) in [4.78, 5) is 2.69. The highest BCUT2D eigenvalue weighted by molar-refractivity contribution is 5.85. The molecular formula is C17H27ClN2O. The second kappa shape index (κ2) is 6.99. The zero-order valence-corrected chi connectivity index (χ0v) is 13.9. The topological polar surface area (TPSA) is 24.5 Å². The summed E-state index contributed by atoms with van der Waals surface area (Å²) in [5.41, 5.74) is 1.85. The van der Waals surface area contributed by atoms with Crippen LogP contribution in [-0.4, -0.2) is 37.7 Å². The molecule has 1 atom stereocenters. The van der Waals surface area contributed by atoms with Crippen molar-refractivity contribution in [3.63, 3.8) is 0 Å². The highest BCUT2D eigenvalue weighted by Gasteiger charge is 2.36. The first-order valence-corrected chi connectivity index (χ1v) is 7.76. The minimum atomic E-state index is 0. The van der Waals surface area contributed by atoms with Crippen molar-refractivity contribution in [2.24, 2.45) is 5.41 Å². The van der Waals surface area contributed by atoms with Crippen LogP contribution in [-0.2, 0) is 6.54 Å². The highest BCUT2D eigenvalue weighted by Crippen LogP contribution is 2.34. The number of nitrogens with one attached hydrogen (secondary N) is 1. The summed E-state index contributed by atoms with van der Waals surface area (Å²) in [7, 11) is 1.72. The Bertz CT molecular complexity index is 439. The maximum absolute atomic E-state index is 5.24. The van der Waals surface area contributed by atoms with E-state index in [1.54, 1.807) is 7.11 Å². The van der Waals surface area contributed by atoms with Gasteiger partial charge in [0.15, 0.2) is 0 Å². The summed E-state index contributed by atoms with van der Waals surface area (Å²) < 4.78 is 5.24.